The molecule has 0 spiro atoms. The third kappa shape index (κ3) is 4.59. The number of carbonyl (C=O) groups excluding carboxylic acids is 2. The fourth-order valence-corrected chi connectivity index (χ4v) is 5.03. The Hall–Kier alpha value is -4.93. The van der Waals surface area contributed by atoms with Crippen LogP contribution in [0.15, 0.2) is 70.9 Å². The van der Waals surface area contributed by atoms with Crippen LogP contribution in [0.3, 0.4) is 0 Å². The smallest absolute Gasteiger partial charge is 0.241 e. The van der Waals surface area contributed by atoms with Gasteiger partial charge in [-0.05, 0) is 35.6 Å². The summed E-state index contributed by atoms with van der Waals surface area (Å²) in [4.78, 5) is 31.7. The summed E-state index contributed by atoms with van der Waals surface area (Å²) in [6.45, 7) is 0.810. The first kappa shape index (κ1) is 26.7. The van der Waals surface area contributed by atoms with Crippen LogP contribution in [0.4, 0.5) is 0 Å². The number of nitrogens with one attached hydrogen (secondary N) is 1. The molecule has 11 nitrogen and oxygen atoms in total. The number of furan rings is 1. The highest BCUT2D eigenvalue weighted by Crippen LogP contribution is 2.45. The first-order valence-corrected chi connectivity index (χ1v) is 12.6. The van der Waals surface area contributed by atoms with E-state index < -0.39 is 23.5 Å². The van der Waals surface area contributed by atoms with E-state index in [1.807, 2.05) is 10.8 Å². The summed E-state index contributed by atoms with van der Waals surface area (Å²) < 4.78 is 29.6. The van der Waals surface area contributed by atoms with E-state index in [1.54, 1.807) is 48.9 Å². The number of carbonyl (C=O) groups is 2. The van der Waals surface area contributed by atoms with Crippen molar-refractivity contribution in [2.75, 3.05) is 35.0 Å². The van der Waals surface area contributed by atoms with Crippen molar-refractivity contribution in [2.45, 2.75) is 19.0 Å². The standard InChI is InChI=1S/C29H29N3O8/c1-36-19-8-5-7-17-13-20(40-27(17)19)25(33)23-24(18-14-21(37-2)28(39-4)22(15-18)38-3)32(29(35)26(23)34)11-6-10-31-12-9-30-16-31/h5,7-9,12-16,24H,6,10-11H2,1-4H3,(H,33,34). The van der Waals surface area contributed by atoms with Crippen LogP contribution in [0.2, 0.25) is 0 Å². The molecular formula is C29H29N3O8. The molecule has 1 unspecified atom stereocenters. The lowest BCUT2D eigenvalue weighted by atomic mass is 9.94. The minimum absolute atomic E-state index is 0.0715. The Morgan fingerprint density at radius 2 is 1.77 bits per heavy atom. The number of para-hydroxylation sites is 1. The quantitative estimate of drug-likeness (QED) is 0.224. The molecule has 0 fully saturated rings. The summed E-state index contributed by atoms with van der Waals surface area (Å²) in [6.07, 6.45) is 5.98. The normalized spacial score (nSPS) is 15.2. The molecule has 1 amide bonds. The van der Waals surface area contributed by atoms with Gasteiger partial charge in [-0.3, -0.25) is 14.6 Å². The number of imidazole rings is 1. The first-order chi connectivity index (χ1) is 19.4. The number of aromatic nitrogens is 2. The van der Waals surface area contributed by atoms with Crippen molar-refractivity contribution in [2.24, 2.45) is 0 Å². The van der Waals surface area contributed by atoms with Gasteiger partial charge in [0.15, 0.2) is 28.6 Å². The first-order valence-electron chi connectivity index (χ1n) is 12.6. The summed E-state index contributed by atoms with van der Waals surface area (Å²) in [5.41, 5.74) is 0.613. The van der Waals surface area contributed by atoms with Crippen LogP contribution >= 0.6 is 0 Å². The van der Waals surface area contributed by atoms with E-state index in [2.05, 4.69) is 4.98 Å². The molecule has 4 aromatic rings. The number of methoxy groups -OCH3 is 4. The lowest BCUT2D eigenvalue weighted by Gasteiger charge is -2.28. The summed E-state index contributed by atoms with van der Waals surface area (Å²) in [5, 5.41) is 14.1. The van der Waals surface area contributed by atoms with Crippen molar-refractivity contribution in [1.82, 2.24) is 9.88 Å². The maximum Gasteiger partial charge on any atom is 0.241 e. The zero-order chi connectivity index (χ0) is 28.4. The molecule has 0 saturated heterocycles. The van der Waals surface area contributed by atoms with Gasteiger partial charge in [0.05, 0.1) is 41.0 Å². The number of benzene rings is 2. The van der Waals surface area contributed by atoms with Crippen LogP contribution in [-0.2, 0) is 11.3 Å². The molecule has 40 heavy (non-hydrogen) atoms. The molecule has 2 aromatic heterocycles. The van der Waals surface area contributed by atoms with E-state index in [0.29, 0.717) is 52.5 Å². The number of amides is 1. The number of ketones is 1. The molecule has 0 radical (unpaired) electrons. The maximum atomic E-state index is 13.9. The molecule has 1 aliphatic heterocycles. The third-order valence-electron chi connectivity index (χ3n) is 6.90. The van der Waals surface area contributed by atoms with Gasteiger partial charge in [0, 0.05) is 23.9 Å². The molecule has 0 aliphatic carbocycles. The molecule has 3 heterocycles. The van der Waals surface area contributed by atoms with Crippen LogP contribution in [-0.4, -0.2) is 56.6 Å². The Kier molecular flexibility index (Phi) is 7.37. The molecule has 5 rings (SSSR count). The summed E-state index contributed by atoms with van der Waals surface area (Å²) in [5.74, 6) is -0.966. The Bertz CT molecular complexity index is 1560. The molecule has 1 aliphatic rings. The molecule has 11 heteroatoms. The second-order valence-corrected chi connectivity index (χ2v) is 9.12. The maximum absolute atomic E-state index is 13.9. The predicted octanol–water partition coefficient (Wildman–Crippen LogP) is 2.55. The summed E-state index contributed by atoms with van der Waals surface area (Å²) in [6, 6.07) is 9.06. The highest BCUT2D eigenvalue weighted by atomic mass is 16.5. The van der Waals surface area contributed by atoms with Crippen molar-refractivity contribution >= 4 is 22.7 Å². The lowest BCUT2D eigenvalue weighted by Crippen LogP contribution is -2.37. The van der Waals surface area contributed by atoms with Gasteiger partial charge in [-0.25, -0.2) is 4.57 Å². The summed E-state index contributed by atoms with van der Waals surface area (Å²) in [7, 11) is 5.91. The largest absolute Gasteiger partial charge is 0.868 e. The molecule has 208 valence electrons. The summed E-state index contributed by atoms with van der Waals surface area (Å²) >= 11 is 0. The van der Waals surface area contributed by atoms with Gasteiger partial charge in [0.25, 0.3) is 0 Å². The van der Waals surface area contributed by atoms with Crippen LogP contribution in [0, 0.1) is 0 Å². The topological polar surface area (TPSA) is 130 Å². The number of hydrogen-bond acceptors (Lipinski definition) is 8. The Balaban J connectivity index is 1.59. The van der Waals surface area contributed by atoms with Gasteiger partial charge in [0.1, 0.15) is 12.4 Å². The monoisotopic (exact) mass is 547 g/mol. The van der Waals surface area contributed by atoms with Gasteiger partial charge in [-0.1, -0.05) is 12.1 Å². The molecular weight excluding hydrogens is 518 g/mol. The minimum atomic E-state index is -1.01. The predicted molar refractivity (Wildman–Crippen MR) is 140 cm³/mol. The average molecular weight is 548 g/mol. The van der Waals surface area contributed by atoms with E-state index in [4.69, 9.17) is 23.4 Å². The highest BCUT2D eigenvalue weighted by molar-refractivity contribution is 6.16. The number of aromatic amines is 1. The number of ether oxygens (including phenoxy) is 4. The van der Waals surface area contributed by atoms with E-state index >= 15 is 0 Å². The second-order valence-electron chi connectivity index (χ2n) is 9.12. The van der Waals surface area contributed by atoms with Gasteiger partial charge < -0.3 is 33.4 Å². The molecule has 0 bridgehead atoms. The zero-order valence-electron chi connectivity index (χ0n) is 22.6. The van der Waals surface area contributed by atoms with Crippen LogP contribution in [0.5, 0.6) is 23.0 Å². The minimum Gasteiger partial charge on any atom is -0.868 e. The highest BCUT2D eigenvalue weighted by Gasteiger charge is 2.41. The van der Waals surface area contributed by atoms with E-state index in [1.165, 1.54) is 33.3 Å². The van der Waals surface area contributed by atoms with E-state index in [9.17, 15) is 14.7 Å². The van der Waals surface area contributed by atoms with Crippen molar-refractivity contribution < 1.29 is 42.6 Å². The van der Waals surface area contributed by atoms with Gasteiger partial charge in [-0.2, -0.15) is 0 Å². The van der Waals surface area contributed by atoms with Crippen molar-refractivity contribution in [3.63, 3.8) is 0 Å². The SMILES string of the molecule is COc1cc(C2C(C(=O)c3cc4cccc(OC)c4o3)=C([O-])C(=O)N2CCC[n+]2cc[nH]c2)cc(OC)c1OC. The average Bonchev–Trinajstić information content (AvgIpc) is 3.71. The van der Waals surface area contributed by atoms with Crippen LogP contribution < -0.4 is 28.6 Å². The lowest BCUT2D eigenvalue weighted by molar-refractivity contribution is -0.695. The number of H-pyrrole nitrogens is 1. The van der Waals surface area contributed by atoms with E-state index in [-0.39, 0.29) is 17.9 Å². The van der Waals surface area contributed by atoms with E-state index in [0.717, 1.165) is 0 Å². The number of fused-ring (bicyclic) bond motifs is 1. The fraction of sp³-hybridized carbons (Fsp3) is 0.276. The number of Topliss-reactive ketones (excluding diaryl/α,β-unsaturated/α-hetero) is 1. The fourth-order valence-electron chi connectivity index (χ4n) is 5.03. The molecule has 0 saturated carbocycles. The molecule has 1 atom stereocenters. The number of rotatable bonds is 11. The number of nitrogens with zero attached hydrogens (tertiary/aromatic N) is 2. The van der Waals surface area contributed by atoms with Crippen molar-refractivity contribution in [3.8, 4) is 23.0 Å². The zero-order valence-corrected chi connectivity index (χ0v) is 22.6. The second kappa shape index (κ2) is 11.0. The van der Waals surface area contributed by atoms with Crippen LogP contribution in [0.1, 0.15) is 28.6 Å². The van der Waals surface area contributed by atoms with Crippen LogP contribution in [0.25, 0.3) is 11.0 Å². The third-order valence-corrected chi connectivity index (χ3v) is 6.90. The Morgan fingerprint density at radius 1 is 1.05 bits per heavy atom. The van der Waals surface area contributed by atoms with Gasteiger partial charge in [-0.15, -0.1) is 0 Å². The molecule has 1 N–H and O–H groups in total. The van der Waals surface area contributed by atoms with Crippen molar-refractivity contribution in [1.29, 1.82) is 0 Å². The van der Waals surface area contributed by atoms with Gasteiger partial charge in [0.2, 0.25) is 23.8 Å². The number of aryl methyl sites for hydroxylation is 1. The Morgan fingerprint density at radius 3 is 2.40 bits per heavy atom. The molecule has 2 aromatic carbocycles. The van der Waals surface area contributed by atoms with Gasteiger partial charge >= 0.3 is 0 Å². The number of hydrogen-bond donors (Lipinski definition) is 1. The Labute approximate surface area is 230 Å². The van der Waals surface area contributed by atoms with Crippen molar-refractivity contribution in [3.05, 3.63) is 77.8 Å².